The zero-order valence-electron chi connectivity index (χ0n) is 8.26. The summed E-state index contributed by atoms with van der Waals surface area (Å²) in [4.78, 5) is 0. The molecule has 1 aromatic carbocycles. The van der Waals surface area contributed by atoms with Crippen LogP contribution in [0.2, 0.25) is 0 Å². The van der Waals surface area contributed by atoms with Crippen molar-refractivity contribution in [2.24, 2.45) is 0 Å². The number of hydrogen-bond donors (Lipinski definition) is 4. The van der Waals surface area contributed by atoms with Gasteiger partial charge in [0.2, 0.25) is 0 Å². The predicted molar refractivity (Wildman–Crippen MR) is 56.1 cm³/mol. The molecule has 1 fully saturated rings. The first-order chi connectivity index (χ1) is 7.20. The van der Waals surface area contributed by atoms with Crippen molar-refractivity contribution in [3.63, 3.8) is 0 Å². The van der Waals surface area contributed by atoms with Gasteiger partial charge < -0.3 is 21.5 Å². The van der Waals surface area contributed by atoms with E-state index in [1.165, 1.54) is 6.07 Å². The number of halogens is 1. The molecule has 0 spiro atoms. The number of anilines is 1. The Morgan fingerprint density at radius 1 is 1.40 bits per heavy atom. The summed E-state index contributed by atoms with van der Waals surface area (Å²) in [5.74, 6) is -0.740. The Morgan fingerprint density at radius 2 is 2.20 bits per heavy atom. The number of piperazine rings is 1. The molecule has 0 amide bonds. The maximum atomic E-state index is 13.0. The molecule has 82 valence electrons. The summed E-state index contributed by atoms with van der Waals surface area (Å²) >= 11 is 0. The maximum Gasteiger partial charge on any atom is 0.149 e. The van der Waals surface area contributed by atoms with E-state index in [4.69, 9.17) is 5.73 Å². The van der Waals surface area contributed by atoms with Crippen LogP contribution in [-0.2, 0) is 0 Å². The average molecular weight is 211 g/mol. The number of phenols is 1. The van der Waals surface area contributed by atoms with Gasteiger partial charge in [0, 0.05) is 31.2 Å². The number of aromatic hydroxyl groups is 1. The molecule has 1 aliphatic heterocycles. The maximum absolute atomic E-state index is 13.0. The summed E-state index contributed by atoms with van der Waals surface area (Å²) in [5.41, 5.74) is 5.88. The fourth-order valence-corrected chi connectivity index (χ4v) is 1.75. The molecule has 2 rings (SSSR count). The third-order valence-electron chi connectivity index (χ3n) is 2.61. The third kappa shape index (κ3) is 1.88. The predicted octanol–water partition coefficient (Wildman–Crippen LogP) is 0.347. The Labute approximate surface area is 87.3 Å². The van der Waals surface area contributed by atoms with E-state index in [9.17, 15) is 9.50 Å². The molecule has 1 atom stereocenters. The van der Waals surface area contributed by atoms with E-state index < -0.39 is 5.82 Å². The Morgan fingerprint density at radius 3 is 2.87 bits per heavy atom. The van der Waals surface area contributed by atoms with Crippen molar-refractivity contribution >= 4 is 5.69 Å². The Balaban J connectivity index is 2.31. The minimum Gasteiger partial charge on any atom is -0.505 e. The Kier molecular flexibility index (Phi) is 2.75. The molecule has 4 nitrogen and oxygen atoms in total. The van der Waals surface area contributed by atoms with E-state index in [-0.39, 0.29) is 17.5 Å². The number of benzene rings is 1. The Bertz CT molecular complexity index is 364. The summed E-state index contributed by atoms with van der Waals surface area (Å²) in [6.07, 6.45) is 0. The normalized spacial score (nSPS) is 21.5. The van der Waals surface area contributed by atoms with Crippen LogP contribution in [0.15, 0.2) is 12.1 Å². The molecule has 1 heterocycles. The second-order valence-electron chi connectivity index (χ2n) is 3.61. The molecule has 1 saturated heterocycles. The average Bonchev–Trinajstić information content (AvgIpc) is 2.27. The van der Waals surface area contributed by atoms with Gasteiger partial charge in [0.15, 0.2) is 0 Å². The van der Waals surface area contributed by atoms with Crippen molar-refractivity contribution in [2.75, 3.05) is 25.4 Å². The first kappa shape index (κ1) is 10.2. The lowest BCUT2D eigenvalue weighted by Gasteiger charge is -2.25. The van der Waals surface area contributed by atoms with Crippen molar-refractivity contribution in [3.8, 4) is 5.75 Å². The van der Waals surface area contributed by atoms with Gasteiger partial charge in [-0.1, -0.05) is 6.07 Å². The topological polar surface area (TPSA) is 70.3 Å². The van der Waals surface area contributed by atoms with E-state index in [0.29, 0.717) is 12.1 Å². The van der Waals surface area contributed by atoms with Gasteiger partial charge in [-0.25, -0.2) is 4.39 Å². The standard InChI is InChI=1S/C10H14FN3O/c11-7-2-1-6(10(15)9(7)12)8-5-13-3-4-14-8/h1-2,8,13-15H,3-5,12H2/t8-/m0/s1. The van der Waals surface area contributed by atoms with Gasteiger partial charge >= 0.3 is 0 Å². The van der Waals surface area contributed by atoms with Crippen LogP contribution in [0, 0.1) is 5.82 Å². The van der Waals surface area contributed by atoms with Crippen LogP contribution in [0.1, 0.15) is 11.6 Å². The minimum atomic E-state index is -0.583. The molecule has 0 radical (unpaired) electrons. The highest BCUT2D eigenvalue weighted by Gasteiger charge is 2.20. The van der Waals surface area contributed by atoms with Crippen molar-refractivity contribution in [3.05, 3.63) is 23.5 Å². The van der Waals surface area contributed by atoms with Gasteiger partial charge in [0.1, 0.15) is 17.3 Å². The van der Waals surface area contributed by atoms with E-state index in [0.717, 1.165) is 13.1 Å². The third-order valence-corrected chi connectivity index (χ3v) is 2.61. The van der Waals surface area contributed by atoms with Crippen molar-refractivity contribution in [2.45, 2.75) is 6.04 Å². The Hall–Kier alpha value is -1.33. The lowest BCUT2D eigenvalue weighted by Crippen LogP contribution is -2.42. The summed E-state index contributed by atoms with van der Waals surface area (Å²) in [6.45, 7) is 2.42. The largest absolute Gasteiger partial charge is 0.505 e. The summed E-state index contributed by atoms with van der Waals surface area (Å²) in [5, 5.41) is 16.1. The molecular weight excluding hydrogens is 197 g/mol. The molecule has 0 unspecified atom stereocenters. The molecule has 1 aliphatic rings. The number of phenolic OH excluding ortho intramolecular Hbond substituents is 1. The van der Waals surface area contributed by atoms with Gasteiger partial charge in [-0.15, -0.1) is 0 Å². The van der Waals surface area contributed by atoms with E-state index in [2.05, 4.69) is 10.6 Å². The van der Waals surface area contributed by atoms with Crippen molar-refractivity contribution in [1.29, 1.82) is 0 Å². The molecule has 0 aromatic heterocycles. The number of rotatable bonds is 1. The summed E-state index contributed by atoms with van der Waals surface area (Å²) in [6, 6.07) is 2.83. The fraction of sp³-hybridized carbons (Fsp3) is 0.400. The van der Waals surface area contributed by atoms with Crippen LogP contribution < -0.4 is 16.4 Å². The number of hydrogen-bond acceptors (Lipinski definition) is 4. The first-order valence-corrected chi connectivity index (χ1v) is 4.91. The quantitative estimate of drug-likeness (QED) is 0.399. The van der Waals surface area contributed by atoms with Gasteiger partial charge in [-0.2, -0.15) is 0 Å². The molecule has 0 aliphatic carbocycles. The minimum absolute atomic E-state index is 0.0124. The SMILES string of the molecule is Nc1c(F)ccc([C@@H]2CNCCN2)c1O. The van der Waals surface area contributed by atoms with E-state index >= 15 is 0 Å². The first-order valence-electron chi connectivity index (χ1n) is 4.91. The van der Waals surface area contributed by atoms with Crippen molar-refractivity contribution < 1.29 is 9.50 Å². The van der Waals surface area contributed by atoms with Gasteiger partial charge in [0.05, 0.1) is 0 Å². The van der Waals surface area contributed by atoms with Gasteiger partial charge in [0.25, 0.3) is 0 Å². The number of nitrogen functional groups attached to an aromatic ring is 1. The molecular formula is C10H14FN3O. The smallest absolute Gasteiger partial charge is 0.149 e. The zero-order valence-corrected chi connectivity index (χ0v) is 8.26. The monoisotopic (exact) mass is 211 g/mol. The van der Waals surface area contributed by atoms with Gasteiger partial charge in [-0.3, -0.25) is 0 Å². The summed E-state index contributed by atoms with van der Waals surface area (Å²) in [7, 11) is 0. The molecule has 5 heteroatoms. The second kappa shape index (κ2) is 4.04. The summed E-state index contributed by atoms with van der Waals surface area (Å²) < 4.78 is 13.0. The zero-order chi connectivity index (χ0) is 10.8. The molecule has 0 bridgehead atoms. The van der Waals surface area contributed by atoms with E-state index in [1.807, 2.05) is 0 Å². The lowest BCUT2D eigenvalue weighted by atomic mass is 10.0. The van der Waals surface area contributed by atoms with Crippen LogP contribution in [0.4, 0.5) is 10.1 Å². The molecule has 15 heavy (non-hydrogen) atoms. The van der Waals surface area contributed by atoms with Crippen molar-refractivity contribution in [1.82, 2.24) is 10.6 Å². The highest BCUT2D eigenvalue weighted by atomic mass is 19.1. The van der Waals surface area contributed by atoms with Crippen LogP contribution in [0.25, 0.3) is 0 Å². The number of nitrogens with one attached hydrogen (secondary N) is 2. The lowest BCUT2D eigenvalue weighted by molar-refractivity contribution is 0.404. The molecule has 0 saturated carbocycles. The molecule has 1 aromatic rings. The second-order valence-corrected chi connectivity index (χ2v) is 3.61. The fourth-order valence-electron chi connectivity index (χ4n) is 1.75. The van der Waals surface area contributed by atoms with Crippen LogP contribution in [-0.4, -0.2) is 24.7 Å². The van der Waals surface area contributed by atoms with Crippen LogP contribution in [0.5, 0.6) is 5.75 Å². The molecule has 5 N–H and O–H groups in total. The highest BCUT2D eigenvalue weighted by Crippen LogP contribution is 2.31. The van der Waals surface area contributed by atoms with E-state index in [1.54, 1.807) is 6.07 Å². The number of nitrogens with two attached hydrogens (primary N) is 1. The highest BCUT2D eigenvalue weighted by molar-refractivity contribution is 5.57. The van der Waals surface area contributed by atoms with Crippen LogP contribution in [0.3, 0.4) is 0 Å². The van der Waals surface area contributed by atoms with Gasteiger partial charge in [-0.05, 0) is 6.07 Å². The van der Waals surface area contributed by atoms with Crippen LogP contribution >= 0.6 is 0 Å².